The zero-order chi connectivity index (χ0) is 36.8. The Morgan fingerprint density at radius 1 is 0.830 bits per heavy atom. The minimum atomic E-state index is -3.70. The summed E-state index contributed by atoms with van der Waals surface area (Å²) in [6.45, 7) is 1.80. The van der Waals surface area contributed by atoms with Crippen LogP contribution in [-0.4, -0.2) is 81.5 Å². The van der Waals surface area contributed by atoms with Crippen molar-refractivity contribution in [2.75, 3.05) is 50.6 Å². The van der Waals surface area contributed by atoms with E-state index in [4.69, 9.17) is 9.15 Å². The quantitative estimate of drug-likeness (QED) is 0.0910. The number of nitrogens with zero attached hydrogens (tertiary/aromatic N) is 5. The molecule has 0 spiro atoms. The van der Waals surface area contributed by atoms with E-state index in [1.165, 1.54) is 31.3 Å². The third-order valence-corrected chi connectivity index (χ3v) is 13.7. The minimum absolute atomic E-state index is 0.205. The van der Waals surface area contributed by atoms with Crippen LogP contribution in [0.1, 0.15) is 11.3 Å². The molecule has 1 saturated heterocycles. The zero-order valence-corrected chi connectivity index (χ0v) is 31.7. The van der Waals surface area contributed by atoms with E-state index in [0.29, 0.717) is 61.0 Å². The number of hydrogen-bond acceptors (Lipinski definition) is 13. The first-order chi connectivity index (χ1) is 25.6. The van der Waals surface area contributed by atoms with Crippen LogP contribution in [0.3, 0.4) is 0 Å². The number of morpholine rings is 1. The third kappa shape index (κ3) is 8.73. The molecule has 0 bridgehead atoms. The Labute approximate surface area is 315 Å². The lowest BCUT2D eigenvalue weighted by atomic mass is 10.1. The second-order valence-corrected chi connectivity index (χ2v) is 17.6. The van der Waals surface area contributed by atoms with Gasteiger partial charge in [-0.2, -0.15) is 9.41 Å². The molecule has 3 aromatic heterocycles. The van der Waals surface area contributed by atoms with Crippen LogP contribution >= 0.6 is 22.7 Å². The Balaban J connectivity index is 0.901. The molecule has 3 aromatic carbocycles. The maximum absolute atomic E-state index is 13.3. The Kier molecular flexibility index (Phi) is 11.1. The smallest absolute Gasteiger partial charge is 0.243 e. The van der Waals surface area contributed by atoms with E-state index < -0.39 is 20.0 Å². The van der Waals surface area contributed by atoms with Crippen molar-refractivity contribution in [3.05, 3.63) is 113 Å². The van der Waals surface area contributed by atoms with Crippen LogP contribution < -0.4 is 10.7 Å². The van der Waals surface area contributed by atoms with Crippen LogP contribution in [0.5, 0.6) is 0 Å². The summed E-state index contributed by atoms with van der Waals surface area (Å²) in [7, 11) is -5.68. The fourth-order valence-electron chi connectivity index (χ4n) is 5.43. The molecule has 0 atom stereocenters. The Bertz CT molecular complexity index is 2370. The molecule has 1 aliphatic heterocycles. The topological polar surface area (TPSA) is 159 Å². The monoisotopic (exact) mass is 789 g/mol. The largest absolute Gasteiger partial charge is 0.463 e. The first-order valence-electron chi connectivity index (χ1n) is 16.5. The third-order valence-electron chi connectivity index (χ3n) is 8.44. The molecule has 0 aliphatic carbocycles. The van der Waals surface area contributed by atoms with Crippen LogP contribution in [0.4, 0.5) is 16.0 Å². The van der Waals surface area contributed by atoms with Crippen molar-refractivity contribution in [1.82, 2.24) is 18.6 Å². The van der Waals surface area contributed by atoms with Gasteiger partial charge in [-0.3, -0.25) is 5.43 Å². The average molecular weight is 790 g/mol. The molecule has 4 heterocycles. The van der Waals surface area contributed by atoms with E-state index in [9.17, 15) is 16.8 Å². The van der Waals surface area contributed by atoms with Gasteiger partial charge in [-0.05, 0) is 60.5 Å². The van der Waals surface area contributed by atoms with Gasteiger partial charge in [0, 0.05) is 54.3 Å². The highest BCUT2D eigenvalue weighted by atomic mass is 32.2. The summed E-state index contributed by atoms with van der Waals surface area (Å²) < 4.78 is 65.9. The van der Waals surface area contributed by atoms with Gasteiger partial charge in [0.2, 0.25) is 25.2 Å². The number of nitrogens with one attached hydrogen (secondary N) is 2. The summed E-state index contributed by atoms with van der Waals surface area (Å²) in [5.41, 5.74) is 7.75. The average Bonchev–Trinajstić information content (AvgIpc) is 3.99. The molecule has 0 amide bonds. The van der Waals surface area contributed by atoms with Crippen molar-refractivity contribution in [2.24, 2.45) is 5.10 Å². The van der Waals surface area contributed by atoms with E-state index in [2.05, 4.69) is 25.8 Å². The lowest BCUT2D eigenvalue weighted by Crippen LogP contribution is -2.40. The van der Waals surface area contributed by atoms with Gasteiger partial charge in [-0.25, -0.2) is 31.1 Å². The van der Waals surface area contributed by atoms with Crippen molar-refractivity contribution in [2.45, 2.75) is 16.2 Å². The van der Waals surface area contributed by atoms with E-state index in [1.54, 1.807) is 80.2 Å². The van der Waals surface area contributed by atoms with Gasteiger partial charge in [0.15, 0.2) is 5.13 Å². The van der Waals surface area contributed by atoms with Crippen molar-refractivity contribution in [1.29, 1.82) is 0 Å². The first-order valence-corrected chi connectivity index (χ1v) is 21.1. The molecule has 13 nitrogen and oxygen atoms in total. The number of aromatic nitrogens is 2. The molecular formula is C36H35N7O6S4. The highest BCUT2D eigenvalue weighted by molar-refractivity contribution is 7.89. The minimum Gasteiger partial charge on any atom is -0.463 e. The number of anilines is 3. The highest BCUT2D eigenvalue weighted by Gasteiger charge is 2.26. The van der Waals surface area contributed by atoms with Crippen molar-refractivity contribution < 1.29 is 26.0 Å². The van der Waals surface area contributed by atoms with Crippen LogP contribution in [0.2, 0.25) is 0 Å². The zero-order valence-electron chi connectivity index (χ0n) is 28.5. The number of benzene rings is 3. The normalized spacial score (nSPS) is 14.2. The second-order valence-electron chi connectivity index (χ2n) is 11.9. The Morgan fingerprint density at radius 2 is 1.45 bits per heavy atom. The lowest BCUT2D eigenvalue weighted by molar-refractivity contribution is 0.0730. The van der Waals surface area contributed by atoms with E-state index in [-0.39, 0.29) is 9.79 Å². The molecule has 2 N–H and O–H groups in total. The number of likely N-dealkylation sites (N-methyl/N-ethyl adjacent to an activating group) is 1. The molecule has 274 valence electrons. The molecular weight excluding hydrogens is 755 g/mol. The maximum atomic E-state index is 13.3. The first kappa shape index (κ1) is 36.6. The van der Waals surface area contributed by atoms with Gasteiger partial charge in [-0.1, -0.05) is 36.4 Å². The number of thiazole rings is 2. The second kappa shape index (κ2) is 16.1. The van der Waals surface area contributed by atoms with Crippen molar-refractivity contribution in [3.8, 4) is 22.5 Å². The Morgan fingerprint density at radius 3 is 2.09 bits per heavy atom. The lowest BCUT2D eigenvalue weighted by Gasteiger charge is -2.26. The summed E-state index contributed by atoms with van der Waals surface area (Å²) >= 11 is 2.83. The molecule has 0 radical (unpaired) electrons. The van der Waals surface area contributed by atoms with Crippen LogP contribution in [-0.2, 0) is 31.2 Å². The molecule has 0 saturated carbocycles. The number of sulfonamides is 2. The number of hydrogen-bond donors (Lipinski definition) is 2. The molecule has 17 heteroatoms. The molecule has 0 unspecified atom stereocenters. The van der Waals surface area contributed by atoms with Crippen molar-refractivity contribution >= 4 is 64.9 Å². The molecule has 1 aliphatic rings. The van der Waals surface area contributed by atoms with E-state index >= 15 is 0 Å². The molecule has 7 rings (SSSR count). The maximum Gasteiger partial charge on any atom is 0.243 e. The SMILES string of the molecule is CN(CCc1ccc(Nc2nc(-c3ccc(S(=O)(=O)N4CCOCC4)cc3)cs2)cc1)S(=O)(=O)c1ccc(-c2csc(N/N=C/c3ccco3)n2)cc1. The van der Waals surface area contributed by atoms with Crippen molar-refractivity contribution in [3.63, 3.8) is 0 Å². The predicted octanol–water partition coefficient (Wildman–Crippen LogP) is 6.60. The summed E-state index contributed by atoms with van der Waals surface area (Å²) in [5, 5.41) is 12.5. The highest BCUT2D eigenvalue weighted by Crippen LogP contribution is 2.30. The number of ether oxygens (including phenoxy) is 1. The fraction of sp³-hybridized carbons (Fsp3) is 0.194. The van der Waals surface area contributed by atoms with E-state index in [0.717, 1.165) is 28.1 Å². The number of furan rings is 1. The van der Waals surface area contributed by atoms with Gasteiger partial charge < -0.3 is 14.5 Å². The van der Waals surface area contributed by atoms with Gasteiger partial charge in [0.25, 0.3) is 0 Å². The molecule has 1 fully saturated rings. The molecule has 6 aromatic rings. The van der Waals surface area contributed by atoms with Gasteiger partial charge in [0.05, 0.1) is 46.9 Å². The number of hydrazone groups is 1. The summed E-state index contributed by atoms with van der Waals surface area (Å²) in [4.78, 5) is 9.67. The van der Waals surface area contributed by atoms with Crippen LogP contribution in [0.25, 0.3) is 22.5 Å². The predicted molar refractivity (Wildman–Crippen MR) is 208 cm³/mol. The molecule has 53 heavy (non-hydrogen) atoms. The van der Waals surface area contributed by atoms with Crippen LogP contribution in [0.15, 0.2) is 121 Å². The standard InChI is InChI=1S/C36H35N7O6S4/c1-42(52(44,45)31-12-6-28(7-13-31)34-25-51-36(40-34)41-37-23-30-3-2-20-49-30)17-16-26-4-10-29(11-5-26)38-35-39-33(24-50-35)27-8-14-32(15-9-27)53(46,47)43-18-21-48-22-19-43/h2-15,20,23-25H,16-19,21-22H2,1H3,(H,38,39)(H,40,41)/b37-23+. The van der Waals surface area contributed by atoms with Gasteiger partial charge in [0.1, 0.15) is 5.76 Å². The summed E-state index contributed by atoms with van der Waals surface area (Å²) in [5.74, 6) is 0.619. The van der Waals surface area contributed by atoms with E-state index in [1.807, 2.05) is 35.0 Å². The number of rotatable bonds is 14. The summed E-state index contributed by atoms with van der Waals surface area (Å²) in [6.07, 6.45) is 3.65. The van der Waals surface area contributed by atoms with Gasteiger partial charge in [-0.15, -0.1) is 22.7 Å². The fourth-order valence-corrected chi connectivity index (χ4v) is 9.42. The van der Waals surface area contributed by atoms with Gasteiger partial charge >= 0.3 is 0 Å². The summed E-state index contributed by atoms with van der Waals surface area (Å²) in [6, 6.07) is 24.8. The Hall–Kier alpha value is -4.75. The van der Waals surface area contributed by atoms with Crippen LogP contribution in [0, 0.1) is 0 Å².